The summed E-state index contributed by atoms with van der Waals surface area (Å²) in [6, 6.07) is 2.07. The Bertz CT molecular complexity index is 654. The lowest BCUT2D eigenvalue weighted by molar-refractivity contribution is 0.0993. The van der Waals surface area contributed by atoms with Crippen LogP contribution < -0.4 is 11.1 Å². The number of nitrogens with one attached hydrogen (secondary N) is 1. The Morgan fingerprint density at radius 1 is 1.62 bits per heavy atom. The Morgan fingerprint density at radius 2 is 2.43 bits per heavy atom. The van der Waals surface area contributed by atoms with Gasteiger partial charge >= 0.3 is 0 Å². The van der Waals surface area contributed by atoms with Crippen LogP contribution in [0.4, 0.5) is 10.7 Å². The van der Waals surface area contributed by atoms with Crippen LogP contribution in [-0.2, 0) is 6.54 Å². The molecule has 0 unspecified atom stereocenters. The van der Waals surface area contributed by atoms with E-state index < -0.39 is 0 Å². The van der Waals surface area contributed by atoms with Gasteiger partial charge in [-0.1, -0.05) is 6.92 Å². The molecule has 0 atom stereocenters. The van der Waals surface area contributed by atoms with Crippen LogP contribution in [0.5, 0.6) is 0 Å². The van der Waals surface area contributed by atoms with Gasteiger partial charge in [-0.2, -0.15) is 5.26 Å². The van der Waals surface area contributed by atoms with Crippen molar-refractivity contribution >= 4 is 27.8 Å². The molecular formula is C14H17N5OS. The Kier molecular flexibility index (Phi) is 4.95. The van der Waals surface area contributed by atoms with Gasteiger partial charge in [0.05, 0.1) is 16.9 Å². The van der Waals surface area contributed by atoms with E-state index in [1.807, 2.05) is 10.8 Å². The van der Waals surface area contributed by atoms with Gasteiger partial charge in [0.1, 0.15) is 16.6 Å². The maximum Gasteiger partial charge on any atom is 0.174 e. The molecule has 0 saturated carbocycles. The van der Waals surface area contributed by atoms with Crippen molar-refractivity contribution in [1.82, 2.24) is 9.55 Å². The maximum absolute atomic E-state index is 11.8. The third-order valence-corrected chi connectivity index (χ3v) is 4.27. The SMILES string of the molecule is CCC(=O)c1sc(NCCCn2ccnc2)c(C#N)c1N. The summed E-state index contributed by atoms with van der Waals surface area (Å²) in [6.45, 7) is 3.33. The van der Waals surface area contributed by atoms with Crippen LogP contribution in [-0.4, -0.2) is 21.9 Å². The second-order valence-corrected chi connectivity index (χ2v) is 5.54. The van der Waals surface area contributed by atoms with Gasteiger partial charge in [0.2, 0.25) is 0 Å². The van der Waals surface area contributed by atoms with Gasteiger partial charge in [-0.25, -0.2) is 4.98 Å². The first-order valence-electron chi connectivity index (χ1n) is 6.72. The first-order valence-corrected chi connectivity index (χ1v) is 7.54. The third kappa shape index (κ3) is 3.41. The molecule has 2 heterocycles. The van der Waals surface area contributed by atoms with E-state index in [9.17, 15) is 10.1 Å². The molecule has 0 aliphatic carbocycles. The van der Waals surface area contributed by atoms with Gasteiger partial charge in [-0.3, -0.25) is 4.79 Å². The van der Waals surface area contributed by atoms with Crippen LogP contribution in [0.25, 0.3) is 0 Å². The van der Waals surface area contributed by atoms with E-state index in [1.165, 1.54) is 11.3 Å². The fourth-order valence-corrected chi connectivity index (χ4v) is 3.04. The number of anilines is 2. The van der Waals surface area contributed by atoms with Crippen molar-refractivity contribution in [3.05, 3.63) is 29.2 Å². The summed E-state index contributed by atoms with van der Waals surface area (Å²) < 4.78 is 1.99. The van der Waals surface area contributed by atoms with Crippen molar-refractivity contribution in [2.75, 3.05) is 17.6 Å². The highest BCUT2D eigenvalue weighted by atomic mass is 32.1. The third-order valence-electron chi connectivity index (χ3n) is 3.07. The lowest BCUT2D eigenvalue weighted by Gasteiger charge is -2.05. The van der Waals surface area contributed by atoms with E-state index >= 15 is 0 Å². The smallest absolute Gasteiger partial charge is 0.174 e. The van der Waals surface area contributed by atoms with Crippen LogP contribution in [0.1, 0.15) is 35.0 Å². The molecule has 2 rings (SSSR count). The summed E-state index contributed by atoms with van der Waals surface area (Å²) >= 11 is 1.26. The highest BCUT2D eigenvalue weighted by molar-refractivity contribution is 7.19. The number of carbonyl (C=O) groups is 1. The number of thiophene rings is 1. The summed E-state index contributed by atoms with van der Waals surface area (Å²) in [7, 11) is 0. The summed E-state index contributed by atoms with van der Waals surface area (Å²) in [5, 5.41) is 13.1. The predicted molar refractivity (Wildman–Crippen MR) is 83.4 cm³/mol. The molecule has 6 nitrogen and oxygen atoms in total. The molecule has 0 fully saturated rings. The average molecular weight is 303 g/mol. The first-order chi connectivity index (χ1) is 10.2. The molecule has 0 aromatic carbocycles. The molecule has 110 valence electrons. The number of aromatic nitrogens is 2. The van der Waals surface area contributed by atoms with Crippen molar-refractivity contribution < 1.29 is 4.79 Å². The van der Waals surface area contributed by atoms with Crippen molar-refractivity contribution in [1.29, 1.82) is 5.26 Å². The molecule has 0 amide bonds. The molecule has 0 bridgehead atoms. The molecule has 2 aromatic rings. The van der Waals surface area contributed by atoms with Crippen LogP contribution in [0, 0.1) is 11.3 Å². The Hall–Kier alpha value is -2.33. The Balaban J connectivity index is 1.99. The summed E-state index contributed by atoms with van der Waals surface area (Å²) in [5.74, 6) is -0.0273. The number of nitriles is 1. The number of carbonyl (C=O) groups excluding carboxylic acids is 1. The summed E-state index contributed by atoms with van der Waals surface area (Å²) in [4.78, 5) is 16.2. The molecule has 0 radical (unpaired) electrons. The van der Waals surface area contributed by atoms with Crippen molar-refractivity contribution in [3.8, 4) is 6.07 Å². The number of aryl methyl sites for hydroxylation is 1. The molecular weight excluding hydrogens is 286 g/mol. The molecule has 3 N–H and O–H groups in total. The zero-order chi connectivity index (χ0) is 15.2. The standard InChI is InChI=1S/C14H17N5OS/c1-2-11(20)13-12(16)10(8-15)14(21-13)18-4-3-6-19-7-5-17-9-19/h5,7,9,18H,2-4,6,16H2,1H3. The number of nitrogens with two attached hydrogens (primary N) is 1. The lowest BCUT2D eigenvalue weighted by atomic mass is 10.2. The number of imidazole rings is 1. The molecule has 0 aliphatic rings. The normalized spacial score (nSPS) is 10.3. The summed E-state index contributed by atoms with van der Waals surface area (Å²) in [6.07, 6.45) is 6.68. The van der Waals surface area contributed by atoms with Crippen molar-refractivity contribution in [2.24, 2.45) is 0 Å². The van der Waals surface area contributed by atoms with E-state index in [2.05, 4.69) is 16.4 Å². The summed E-state index contributed by atoms with van der Waals surface area (Å²) in [5.41, 5.74) is 6.56. The average Bonchev–Trinajstić information content (AvgIpc) is 3.10. The highest BCUT2D eigenvalue weighted by Crippen LogP contribution is 2.35. The fourth-order valence-electron chi connectivity index (χ4n) is 1.93. The number of nitrogen functional groups attached to an aromatic ring is 1. The Morgan fingerprint density at radius 3 is 3.05 bits per heavy atom. The van der Waals surface area contributed by atoms with Gasteiger partial charge in [-0.05, 0) is 6.42 Å². The number of ketones is 1. The van der Waals surface area contributed by atoms with Crippen molar-refractivity contribution in [3.63, 3.8) is 0 Å². The topological polar surface area (TPSA) is 96.7 Å². The van der Waals surface area contributed by atoms with E-state index in [-0.39, 0.29) is 5.78 Å². The van der Waals surface area contributed by atoms with Gasteiger partial charge in [0, 0.05) is 31.9 Å². The molecule has 0 aliphatic heterocycles. The van der Waals surface area contributed by atoms with Crippen LogP contribution in [0.3, 0.4) is 0 Å². The zero-order valence-electron chi connectivity index (χ0n) is 11.8. The zero-order valence-corrected chi connectivity index (χ0v) is 12.6. The van der Waals surface area contributed by atoms with Crippen molar-refractivity contribution in [2.45, 2.75) is 26.3 Å². The monoisotopic (exact) mass is 303 g/mol. The predicted octanol–water partition coefficient (Wildman–Crippen LogP) is 2.49. The van der Waals surface area contributed by atoms with Crippen LogP contribution in [0.15, 0.2) is 18.7 Å². The minimum absolute atomic E-state index is 0.0273. The molecule has 7 heteroatoms. The van der Waals surface area contributed by atoms with Gasteiger partial charge in [0.15, 0.2) is 5.78 Å². The number of Topliss-reactive ketones (excluding diaryl/α,β-unsaturated/α-hetero) is 1. The number of nitrogens with zero attached hydrogens (tertiary/aromatic N) is 3. The molecule has 2 aromatic heterocycles. The Labute approximate surface area is 127 Å². The molecule has 0 spiro atoms. The maximum atomic E-state index is 11.8. The van der Waals surface area contributed by atoms with E-state index in [0.717, 1.165) is 13.0 Å². The minimum atomic E-state index is -0.0273. The van der Waals surface area contributed by atoms with Gasteiger partial charge in [-0.15, -0.1) is 11.3 Å². The van der Waals surface area contributed by atoms with E-state index in [1.54, 1.807) is 19.4 Å². The second kappa shape index (κ2) is 6.90. The second-order valence-electron chi connectivity index (χ2n) is 4.52. The van der Waals surface area contributed by atoms with E-state index in [0.29, 0.717) is 34.1 Å². The minimum Gasteiger partial charge on any atom is -0.396 e. The first kappa shape index (κ1) is 15.1. The highest BCUT2D eigenvalue weighted by Gasteiger charge is 2.19. The quantitative estimate of drug-likeness (QED) is 0.605. The van der Waals surface area contributed by atoms with Gasteiger partial charge in [0.25, 0.3) is 0 Å². The lowest BCUT2D eigenvalue weighted by Crippen LogP contribution is -2.05. The fraction of sp³-hybridized carbons (Fsp3) is 0.357. The number of hydrogen-bond acceptors (Lipinski definition) is 6. The van der Waals surface area contributed by atoms with Crippen LogP contribution >= 0.6 is 11.3 Å². The number of hydrogen-bond donors (Lipinski definition) is 2. The number of rotatable bonds is 7. The van der Waals surface area contributed by atoms with Crippen LogP contribution in [0.2, 0.25) is 0 Å². The molecule has 0 saturated heterocycles. The largest absolute Gasteiger partial charge is 0.396 e. The van der Waals surface area contributed by atoms with E-state index in [4.69, 9.17) is 5.73 Å². The molecule has 21 heavy (non-hydrogen) atoms. The van der Waals surface area contributed by atoms with Gasteiger partial charge < -0.3 is 15.6 Å².